The molecule has 9 heteroatoms. The Bertz CT molecular complexity index is 1210. The quantitative estimate of drug-likeness (QED) is 0.234. The zero-order chi connectivity index (χ0) is 25.2. The molecule has 186 valence electrons. The summed E-state index contributed by atoms with van der Waals surface area (Å²) in [6.07, 6.45) is 0.351. The van der Waals surface area contributed by atoms with Gasteiger partial charge in [-0.3, -0.25) is 4.79 Å². The standard InChI is InChI=1S/C26H29NO8/c1-4-31-21-15-18(16-22(32-5-2)23(21)33-6-3)25(29)34-13-9-12-27-24(28)19-14-17-10-7-8-11-20(17)35-26(19)30/h7-8,10-11,14-16H,4-6,9,12-13H2,1-3H3,(H,27,28). The van der Waals surface area contributed by atoms with E-state index in [1.54, 1.807) is 36.4 Å². The van der Waals surface area contributed by atoms with Gasteiger partial charge >= 0.3 is 11.6 Å². The van der Waals surface area contributed by atoms with Crippen LogP contribution in [0.5, 0.6) is 17.2 Å². The van der Waals surface area contributed by atoms with Gasteiger partial charge in [0.05, 0.1) is 32.0 Å². The SMILES string of the molecule is CCOc1cc(C(=O)OCCCNC(=O)c2cc3ccccc3oc2=O)cc(OCC)c1OCC. The summed E-state index contributed by atoms with van der Waals surface area (Å²) in [6, 6.07) is 11.6. The Morgan fingerprint density at radius 1 is 0.914 bits per heavy atom. The van der Waals surface area contributed by atoms with Crippen LogP contribution >= 0.6 is 0 Å². The van der Waals surface area contributed by atoms with Crippen LogP contribution in [0.3, 0.4) is 0 Å². The molecule has 0 saturated carbocycles. The zero-order valence-corrected chi connectivity index (χ0v) is 20.1. The molecule has 0 aliphatic carbocycles. The summed E-state index contributed by atoms with van der Waals surface area (Å²) >= 11 is 0. The number of benzene rings is 2. The third kappa shape index (κ3) is 6.53. The monoisotopic (exact) mass is 483 g/mol. The first-order valence-electron chi connectivity index (χ1n) is 11.5. The number of nitrogens with one attached hydrogen (secondary N) is 1. The minimum atomic E-state index is -0.710. The number of ether oxygens (including phenoxy) is 4. The second kappa shape index (κ2) is 12.5. The molecule has 3 aromatic rings. The molecule has 9 nitrogen and oxygen atoms in total. The average molecular weight is 484 g/mol. The van der Waals surface area contributed by atoms with Gasteiger partial charge in [-0.25, -0.2) is 9.59 Å². The van der Waals surface area contributed by atoms with E-state index < -0.39 is 17.5 Å². The van der Waals surface area contributed by atoms with Gasteiger partial charge in [0.15, 0.2) is 11.5 Å². The number of esters is 1. The minimum Gasteiger partial charge on any atom is -0.490 e. The van der Waals surface area contributed by atoms with Gasteiger partial charge in [0.2, 0.25) is 5.75 Å². The van der Waals surface area contributed by atoms with E-state index >= 15 is 0 Å². The maximum Gasteiger partial charge on any atom is 0.349 e. The van der Waals surface area contributed by atoms with E-state index in [9.17, 15) is 14.4 Å². The number of carbonyl (C=O) groups is 2. The molecule has 1 heterocycles. The summed E-state index contributed by atoms with van der Waals surface area (Å²) in [5.74, 6) is 0.123. The summed E-state index contributed by atoms with van der Waals surface area (Å²) < 4.78 is 27.4. The number of para-hydroxylation sites is 1. The number of carbonyl (C=O) groups excluding carboxylic acids is 2. The second-order valence-corrected chi connectivity index (χ2v) is 7.33. The first kappa shape index (κ1) is 25.6. The van der Waals surface area contributed by atoms with E-state index in [0.29, 0.717) is 54.5 Å². The molecule has 0 aliphatic rings. The molecule has 0 bridgehead atoms. The van der Waals surface area contributed by atoms with E-state index in [1.807, 2.05) is 20.8 Å². The number of hydrogen-bond donors (Lipinski definition) is 1. The number of fused-ring (bicyclic) bond motifs is 1. The molecule has 0 saturated heterocycles. The fourth-order valence-electron chi connectivity index (χ4n) is 3.34. The lowest BCUT2D eigenvalue weighted by Crippen LogP contribution is -2.29. The Kier molecular flexibility index (Phi) is 9.11. The third-order valence-corrected chi connectivity index (χ3v) is 4.87. The highest BCUT2D eigenvalue weighted by Crippen LogP contribution is 2.39. The van der Waals surface area contributed by atoms with Crippen molar-refractivity contribution in [1.82, 2.24) is 5.32 Å². The summed E-state index contributed by atoms with van der Waals surface area (Å²) in [4.78, 5) is 37.1. The minimum absolute atomic E-state index is 0.0621. The van der Waals surface area contributed by atoms with Crippen molar-refractivity contribution in [3.8, 4) is 17.2 Å². The number of rotatable bonds is 12. The highest BCUT2D eigenvalue weighted by molar-refractivity contribution is 5.96. The first-order chi connectivity index (χ1) is 17.0. The second-order valence-electron chi connectivity index (χ2n) is 7.33. The molecule has 0 spiro atoms. The molecular formula is C26H29NO8. The van der Waals surface area contributed by atoms with Crippen LogP contribution in [-0.2, 0) is 4.74 Å². The number of hydrogen-bond acceptors (Lipinski definition) is 8. The Hall–Kier alpha value is -4.01. The molecule has 1 amide bonds. The molecule has 0 radical (unpaired) electrons. The smallest absolute Gasteiger partial charge is 0.349 e. The van der Waals surface area contributed by atoms with Gasteiger partial charge in [-0.2, -0.15) is 0 Å². The Morgan fingerprint density at radius 3 is 2.23 bits per heavy atom. The fraction of sp³-hybridized carbons (Fsp3) is 0.346. The van der Waals surface area contributed by atoms with Crippen molar-refractivity contribution in [2.45, 2.75) is 27.2 Å². The molecule has 0 aliphatic heterocycles. The molecule has 3 rings (SSSR count). The van der Waals surface area contributed by atoms with Crippen LogP contribution in [0, 0.1) is 0 Å². The summed E-state index contributed by atoms with van der Waals surface area (Å²) in [7, 11) is 0. The lowest BCUT2D eigenvalue weighted by molar-refractivity contribution is 0.0499. The Morgan fingerprint density at radius 2 is 1.57 bits per heavy atom. The molecular weight excluding hydrogens is 454 g/mol. The van der Waals surface area contributed by atoms with E-state index in [2.05, 4.69) is 5.32 Å². The maximum absolute atomic E-state index is 12.6. The molecule has 0 unspecified atom stereocenters. The Balaban J connectivity index is 1.57. The predicted octanol–water partition coefficient (Wildman–Crippen LogP) is 3.97. The van der Waals surface area contributed by atoms with Gasteiger partial charge in [0, 0.05) is 11.9 Å². The summed E-state index contributed by atoms with van der Waals surface area (Å²) in [6.45, 7) is 6.96. The summed E-state index contributed by atoms with van der Waals surface area (Å²) in [5.41, 5.74) is -0.117. The number of amides is 1. The van der Waals surface area contributed by atoms with Crippen LogP contribution in [0.1, 0.15) is 47.9 Å². The van der Waals surface area contributed by atoms with E-state index in [4.69, 9.17) is 23.4 Å². The van der Waals surface area contributed by atoms with Gasteiger partial charge in [0.25, 0.3) is 5.91 Å². The predicted molar refractivity (Wildman–Crippen MR) is 130 cm³/mol. The van der Waals surface area contributed by atoms with Crippen molar-refractivity contribution in [3.05, 3.63) is 64.0 Å². The molecule has 2 aromatic carbocycles. The maximum atomic E-state index is 12.6. The lowest BCUT2D eigenvalue weighted by atomic mass is 10.1. The molecule has 0 fully saturated rings. The van der Waals surface area contributed by atoms with Gasteiger partial charge < -0.3 is 28.7 Å². The van der Waals surface area contributed by atoms with Gasteiger partial charge in [-0.15, -0.1) is 0 Å². The van der Waals surface area contributed by atoms with Crippen molar-refractivity contribution in [3.63, 3.8) is 0 Å². The summed E-state index contributed by atoms with van der Waals surface area (Å²) in [5, 5.41) is 3.30. The van der Waals surface area contributed by atoms with Crippen molar-refractivity contribution in [2.24, 2.45) is 0 Å². The normalized spacial score (nSPS) is 10.6. The van der Waals surface area contributed by atoms with Crippen LogP contribution in [0.2, 0.25) is 0 Å². The van der Waals surface area contributed by atoms with Gasteiger partial charge in [-0.1, -0.05) is 18.2 Å². The average Bonchev–Trinajstić information content (AvgIpc) is 2.85. The highest BCUT2D eigenvalue weighted by atomic mass is 16.5. The van der Waals surface area contributed by atoms with Crippen molar-refractivity contribution >= 4 is 22.8 Å². The van der Waals surface area contributed by atoms with E-state index in [-0.39, 0.29) is 24.3 Å². The van der Waals surface area contributed by atoms with Crippen LogP contribution in [-0.4, -0.2) is 44.8 Å². The fourth-order valence-corrected chi connectivity index (χ4v) is 3.34. The van der Waals surface area contributed by atoms with Crippen molar-refractivity contribution in [1.29, 1.82) is 0 Å². The highest BCUT2D eigenvalue weighted by Gasteiger charge is 2.19. The van der Waals surface area contributed by atoms with Gasteiger partial charge in [0.1, 0.15) is 11.1 Å². The Labute approximate surface area is 202 Å². The van der Waals surface area contributed by atoms with E-state index in [1.165, 1.54) is 6.07 Å². The third-order valence-electron chi connectivity index (χ3n) is 4.87. The molecule has 1 aromatic heterocycles. The van der Waals surface area contributed by atoms with Crippen LogP contribution < -0.4 is 25.2 Å². The zero-order valence-electron chi connectivity index (χ0n) is 20.1. The topological polar surface area (TPSA) is 113 Å². The van der Waals surface area contributed by atoms with Crippen molar-refractivity contribution in [2.75, 3.05) is 33.0 Å². The van der Waals surface area contributed by atoms with Crippen molar-refractivity contribution < 1.29 is 33.0 Å². The molecule has 35 heavy (non-hydrogen) atoms. The van der Waals surface area contributed by atoms with Crippen LogP contribution in [0.25, 0.3) is 11.0 Å². The lowest BCUT2D eigenvalue weighted by Gasteiger charge is -2.16. The van der Waals surface area contributed by atoms with Crippen LogP contribution in [0.4, 0.5) is 0 Å². The molecule has 1 N–H and O–H groups in total. The van der Waals surface area contributed by atoms with E-state index in [0.717, 1.165) is 0 Å². The largest absolute Gasteiger partial charge is 0.490 e. The van der Waals surface area contributed by atoms with Crippen LogP contribution in [0.15, 0.2) is 51.7 Å². The first-order valence-corrected chi connectivity index (χ1v) is 11.5. The molecule has 0 atom stereocenters. The van der Waals surface area contributed by atoms with Gasteiger partial charge in [-0.05, 0) is 51.5 Å².